The van der Waals surface area contributed by atoms with E-state index in [1.165, 1.54) is 4.90 Å². The molecule has 2 aromatic carbocycles. The van der Waals surface area contributed by atoms with Gasteiger partial charge in [-0.1, -0.05) is 58.4 Å². The topological polar surface area (TPSA) is 135 Å². The number of benzene rings is 2. The minimum atomic E-state index is -1.33. The molecule has 0 radical (unpaired) electrons. The van der Waals surface area contributed by atoms with Gasteiger partial charge in [-0.3, -0.25) is 19.2 Å². The fraction of sp³-hybridized carbons (Fsp3) is 0.459. The summed E-state index contributed by atoms with van der Waals surface area (Å²) in [7, 11) is 1.55. The average Bonchev–Trinajstić information content (AvgIpc) is 3.70. The van der Waals surface area contributed by atoms with Crippen LogP contribution in [0.25, 0.3) is 0 Å². The molecule has 49 heavy (non-hydrogen) atoms. The highest BCUT2D eigenvalue weighted by atomic mass is 79.9. The molecule has 3 fully saturated rings. The van der Waals surface area contributed by atoms with Crippen molar-refractivity contribution in [2.45, 2.75) is 67.3 Å². The monoisotopic (exact) mass is 737 g/mol. The summed E-state index contributed by atoms with van der Waals surface area (Å²) in [6.45, 7) is 9.35. The number of carbonyl (C=O) groups is 4. The Morgan fingerprint density at radius 1 is 1.16 bits per heavy atom. The summed E-state index contributed by atoms with van der Waals surface area (Å²) in [6.07, 6.45) is 2.96. The highest BCUT2D eigenvalue weighted by Gasteiger charge is 2.77. The van der Waals surface area contributed by atoms with Crippen LogP contribution >= 0.6 is 15.9 Å². The number of halogens is 1. The van der Waals surface area contributed by atoms with E-state index in [1.54, 1.807) is 55.4 Å². The first-order valence-electron chi connectivity index (χ1n) is 16.6. The number of anilines is 1. The fourth-order valence-electron chi connectivity index (χ4n) is 7.46. The van der Waals surface area contributed by atoms with Gasteiger partial charge in [0, 0.05) is 36.6 Å². The summed E-state index contributed by atoms with van der Waals surface area (Å²) in [6, 6.07) is 14.4. The van der Waals surface area contributed by atoms with E-state index < -0.39 is 53.6 Å². The molecule has 1 unspecified atom stereocenters. The van der Waals surface area contributed by atoms with Crippen LogP contribution in [0.4, 0.5) is 5.69 Å². The molecule has 3 heterocycles. The summed E-state index contributed by atoms with van der Waals surface area (Å²) in [5.41, 5.74) is -0.0737. The van der Waals surface area contributed by atoms with E-state index >= 15 is 0 Å². The Balaban J connectivity index is 1.49. The second-order valence-corrected chi connectivity index (χ2v) is 13.8. The van der Waals surface area contributed by atoms with Gasteiger partial charge in [-0.25, -0.2) is 0 Å². The molecule has 1 spiro atoms. The van der Waals surface area contributed by atoms with Gasteiger partial charge >= 0.3 is 5.97 Å². The smallest absolute Gasteiger partial charge is 0.313 e. The Kier molecular flexibility index (Phi) is 11.6. The summed E-state index contributed by atoms with van der Waals surface area (Å²) < 4.78 is 18.2. The molecule has 3 aliphatic heterocycles. The van der Waals surface area contributed by atoms with Crippen molar-refractivity contribution in [3.63, 3.8) is 0 Å². The zero-order chi connectivity index (χ0) is 35.3. The number of esters is 1. The molecule has 0 aromatic heterocycles. The summed E-state index contributed by atoms with van der Waals surface area (Å²) in [4.78, 5) is 58.7. The predicted octanol–water partition coefficient (Wildman–Crippen LogP) is 4.10. The maximum absolute atomic E-state index is 14.7. The first-order valence-corrected chi connectivity index (χ1v) is 17.5. The molecule has 0 saturated carbocycles. The Labute approximate surface area is 295 Å². The van der Waals surface area contributed by atoms with Gasteiger partial charge in [0.15, 0.2) is 0 Å². The molecule has 11 nitrogen and oxygen atoms in total. The van der Waals surface area contributed by atoms with Crippen molar-refractivity contribution >= 4 is 45.3 Å². The van der Waals surface area contributed by atoms with Crippen LogP contribution in [0.3, 0.4) is 0 Å². The van der Waals surface area contributed by atoms with Gasteiger partial charge in [-0.2, -0.15) is 0 Å². The van der Waals surface area contributed by atoms with Gasteiger partial charge in [-0.15, -0.1) is 13.2 Å². The lowest BCUT2D eigenvalue weighted by molar-refractivity contribution is -0.162. The van der Waals surface area contributed by atoms with Crippen molar-refractivity contribution in [1.29, 1.82) is 0 Å². The van der Waals surface area contributed by atoms with Crippen LogP contribution in [-0.2, 0) is 28.7 Å². The first-order chi connectivity index (χ1) is 23.6. The number of hydrogen-bond acceptors (Lipinski definition) is 8. The van der Waals surface area contributed by atoms with Gasteiger partial charge < -0.3 is 34.4 Å². The average molecular weight is 739 g/mol. The highest BCUT2D eigenvalue weighted by Crippen LogP contribution is 2.60. The maximum Gasteiger partial charge on any atom is 0.313 e. The number of likely N-dealkylation sites (tertiary alicyclic amines) is 1. The van der Waals surface area contributed by atoms with E-state index in [2.05, 4.69) is 34.4 Å². The second-order valence-electron chi connectivity index (χ2n) is 12.7. The molecule has 8 atom stereocenters. The predicted molar refractivity (Wildman–Crippen MR) is 187 cm³/mol. The van der Waals surface area contributed by atoms with Crippen molar-refractivity contribution in [3.8, 4) is 5.75 Å². The first kappa shape index (κ1) is 36.3. The number of alkyl halides is 1. The zero-order valence-corrected chi connectivity index (χ0v) is 29.4. The van der Waals surface area contributed by atoms with Crippen LogP contribution in [0.15, 0.2) is 79.9 Å². The molecule has 12 heteroatoms. The Morgan fingerprint density at radius 3 is 2.51 bits per heavy atom. The number of rotatable bonds is 16. The molecule has 2 aromatic rings. The standard InChI is InChI=1S/C37H44BrN3O8/c1-5-7-14-28(43)39-23(3)31(24-12-9-8-10-13-24)48-36(46)29-30-34(44)41(20-11-21-42)33(37(30)22-27(38)32(29)49-37)35(45)40(19-6-2)25-15-17-26(47-4)18-16-25/h5-6,8-10,12-13,15-18,23,27,29-33,42H,1-2,7,11,14,19-22H2,3-4H3,(H,39,43)/t23-,27?,29+,30-,31-,32+,33+,37-/m1/s1. The Morgan fingerprint density at radius 2 is 1.88 bits per heavy atom. The van der Waals surface area contributed by atoms with Crippen molar-refractivity contribution < 1.29 is 38.5 Å². The quantitative estimate of drug-likeness (QED) is 0.150. The number of aliphatic hydroxyl groups is 1. The van der Waals surface area contributed by atoms with Crippen LogP contribution in [0.2, 0.25) is 0 Å². The molecule has 3 aliphatic rings. The summed E-state index contributed by atoms with van der Waals surface area (Å²) >= 11 is 3.71. The summed E-state index contributed by atoms with van der Waals surface area (Å²) in [5, 5.41) is 12.7. The van der Waals surface area contributed by atoms with Crippen LogP contribution in [0, 0.1) is 11.8 Å². The van der Waals surface area contributed by atoms with Gasteiger partial charge in [-0.05, 0) is 56.0 Å². The van der Waals surface area contributed by atoms with Crippen molar-refractivity contribution in [2.24, 2.45) is 11.8 Å². The maximum atomic E-state index is 14.7. The van der Waals surface area contributed by atoms with E-state index in [4.69, 9.17) is 14.2 Å². The SMILES string of the molecule is C=CCCC(=O)N[C@H](C)[C@@H](OC(=O)[C@@H]1[C@H]2O[C@@]3(CC2Br)[C@H](C(=O)N(CC=C)c2ccc(OC)cc2)N(CCCO)C(=O)[C@@H]13)c1ccccc1. The van der Waals surface area contributed by atoms with Crippen molar-refractivity contribution in [3.05, 3.63) is 85.5 Å². The number of hydrogen-bond donors (Lipinski definition) is 2. The van der Waals surface area contributed by atoms with Crippen molar-refractivity contribution in [2.75, 3.05) is 31.7 Å². The third-order valence-corrected chi connectivity index (χ3v) is 10.4. The highest BCUT2D eigenvalue weighted by molar-refractivity contribution is 9.09. The number of fused-ring (bicyclic) bond motifs is 1. The number of aliphatic hydroxyl groups excluding tert-OH is 1. The lowest BCUT2D eigenvalue weighted by Crippen LogP contribution is -2.57. The van der Waals surface area contributed by atoms with Gasteiger partial charge in [0.25, 0.3) is 5.91 Å². The van der Waals surface area contributed by atoms with Gasteiger partial charge in [0.2, 0.25) is 11.8 Å². The molecular weight excluding hydrogens is 694 g/mol. The second kappa shape index (κ2) is 15.7. The molecule has 3 amide bonds. The number of nitrogens with zero attached hydrogens (tertiary/aromatic N) is 2. The molecule has 5 rings (SSSR count). The normalized spacial score (nSPS) is 26.4. The van der Waals surface area contributed by atoms with E-state index in [9.17, 15) is 24.3 Å². The minimum Gasteiger partial charge on any atom is -0.497 e. The summed E-state index contributed by atoms with van der Waals surface area (Å²) in [5.74, 6) is -3.04. The number of carbonyl (C=O) groups excluding carboxylic acids is 4. The third-order valence-electron chi connectivity index (χ3n) is 9.60. The van der Waals surface area contributed by atoms with Gasteiger partial charge in [0.05, 0.1) is 31.1 Å². The number of ether oxygens (including phenoxy) is 3. The Hall–Kier alpha value is -4.00. The zero-order valence-electron chi connectivity index (χ0n) is 27.8. The van der Waals surface area contributed by atoms with Crippen molar-refractivity contribution in [1.82, 2.24) is 10.2 Å². The fourth-order valence-corrected chi connectivity index (χ4v) is 8.40. The van der Waals surface area contributed by atoms with E-state index in [1.807, 2.05) is 30.3 Å². The number of nitrogens with one attached hydrogen (secondary N) is 1. The number of allylic oxidation sites excluding steroid dienone is 1. The van der Waals surface area contributed by atoms with Gasteiger partial charge in [0.1, 0.15) is 23.5 Å². The number of amides is 3. The lowest BCUT2D eigenvalue weighted by Gasteiger charge is -2.37. The van der Waals surface area contributed by atoms with E-state index in [0.29, 0.717) is 29.8 Å². The number of methoxy groups -OCH3 is 1. The molecule has 0 aliphatic carbocycles. The minimum absolute atomic E-state index is 0.0949. The van der Waals surface area contributed by atoms with Crippen LogP contribution in [-0.4, -0.2) is 89.1 Å². The largest absolute Gasteiger partial charge is 0.497 e. The third kappa shape index (κ3) is 7.04. The molecule has 2 N–H and O–H groups in total. The Bertz CT molecular complexity index is 1540. The van der Waals surface area contributed by atoms with Crippen LogP contribution in [0.5, 0.6) is 5.75 Å². The van der Waals surface area contributed by atoms with E-state index in [0.717, 1.165) is 0 Å². The lowest BCUT2D eigenvalue weighted by atomic mass is 9.70. The van der Waals surface area contributed by atoms with Crippen LogP contribution < -0.4 is 15.0 Å². The van der Waals surface area contributed by atoms with Crippen LogP contribution in [0.1, 0.15) is 44.3 Å². The molecular formula is C37H44BrN3O8. The van der Waals surface area contributed by atoms with E-state index in [-0.39, 0.29) is 49.2 Å². The molecule has 2 bridgehead atoms. The molecule has 3 saturated heterocycles. The molecule has 262 valence electrons.